The molecule has 0 radical (unpaired) electrons. The van der Waals surface area contributed by atoms with Gasteiger partial charge in [0.05, 0.1) is 37.5 Å². The summed E-state index contributed by atoms with van der Waals surface area (Å²) in [6.45, 7) is 2.10. The monoisotopic (exact) mass is 1490 g/mol. The summed E-state index contributed by atoms with van der Waals surface area (Å²) in [6, 6.07) is 17.3. The van der Waals surface area contributed by atoms with Crippen LogP contribution in [-0.2, 0) is 104 Å². The van der Waals surface area contributed by atoms with E-state index in [0.29, 0.717) is 111 Å². The van der Waals surface area contributed by atoms with Gasteiger partial charge in [0.2, 0.25) is 29.1 Å². The second-order valence-electron chi connectivity index (χ2n) is 26.6. The highest BCUT2D eigenvalue weighted by Crippen LogP contribution is 2.42. The normalized spacial score (nSPS) is 16.5. The molecule has 0 spiro atoms. The van der Waals surface area contributed by atoms with Gasteiger partial charge in [0, 0.05) is 129 Å². The number of non-ortho nitro benzene ring substituents is 1. The topological polar surface area (TPSA) is 422 Å². The molecule has 0 bridgehead atoms. The van der Waals surface area contributed by atoms with Crippen LogP contribution in [0.2, 0.25) is 0 Å². The van der Waals surface area contributed by atoms with Crippen molar-refractivity contribution in [2.75, 3.05) is 45.4 Å². The van der Waals surface area contributed by atoms with Crippen molar-refractivity contribution in [1.82, 2.24) is 60.4 Å². The summed E-state index contributed by atoms with van der Waals surface area (Å²) in [7, 11) is -8.48. The van der Waals surface area contributed by atoms with Crippen molar-refractivity contribution < 1.29 is 55.2 Å². The zero-order chi connectivity index (χ0) is 73.2. The van der Waals surface area contributed by atoms with Crippen molar-refractivity contribution >= 4 is 125 Å². The molecule has 105 heavy (non-hydrogen) atoms. The Bertz CT molecular complexity index is 4960. The van der Waals surface area contributed by atoms with Gasteiger partial charge in [-0.05, 0) is 169 Å². The molecule has 548 valence electrons. The van der Waals surface area contributed by atoms with E-state index in [-0.39, 0.29) is 74.4 Å². The first-order valence-corrected chi connectivity index (χ1v) is 39.0. The predicted octanol–water partition coefficient (Wildman–Crippen LogP) is 8.47. The number of carbonyl (C=O) groups is 6. The van der Waals surface area contributed by atoms with E-state index in [4.69, 9.17) is 0 Å². The Morgan fingerprint density at radius 1 is 0.648 bits per heavy atom. The number of hydrogen-bond acceptors (Lipinski definition) is 21. The van der Waals surface area contributed by atoms with Crippen LogP contribution in [0, 0.1) is 16.0 Å². The summed E-state index contributed by atoms with van der Waals surface area (Å²) in [5.74, 6) is 0.943. The molecule has 5 aromatic carbocycles. The number of aryl methyl sites for hydroxylation is 6. The van der Waals surface area contributed by atoms with Crippen molar-refractivity contribution in [2.45, 2.75) is 156 Å². The van der Waals surface area contributed by atoms with Crippen molar-refractivity contribution in [1.29, 1.82) is 0 Å². The molecule has 2 fully saturated rings. The van der Waals surface area contributed by atoms with Gasteiger partial charge in [-0.1, -0.05) is 65.4 Å². The number of rotatable bonds is 29. The van der Waals surface area contributed by atoms with Crippen molar-refractivity contribution in [3.05, 3.63) is 163 Å². The first-order valence-electron chi connectivity index (χ1n) is 35.0. The molecule has 6 aliphatic rings. The molecule has 31 nitrogen and oxygen atoms in total. The van der Waals surface area contributed by atoms with Crippen LogP contribution in [0.1, 0.15) is 127 Å². The lowest BCUT2D eigenvalue weighted by Crippen LogP contribution is -2.35. The molecule has 3 atom stereocenters. The number of hydrogen-bond donors (Lipinski definition) is 9. The van der Waals surface area contributed by atoms with E-state index in [1.54, 1.807) is 40.0 Å². The highest BCUT2D eigenvalue weighted by Gasteiger charge is 2.43. The molecular weight excluding hydrogens is 1410 g/mol. The van der Waals surface area contributed by atoms with Crippen molar-refractivity contribution in [3.8, 4) is 0 Å². The number of amides is 8. The molecule has 9 N–H and O–H groups in total. The van der Waals surface area contributed by atoms with E-state index in [1.807, 2.05) is 36.1 Å². The summed E-state index contributed by atoms with van der Waals surface area (Å²) < 4.78 is 64.8. The summed E-state index contributed by atoms with van der Waals surface area (Å²) in [5, 5.41) is 55.8. The van der Waals surface area contributed by atoms with Gasteiger partial charge in [0.15, 0.2) is 5.52 Å². The maximum absolute atomic E-state index is 13.2. The fourth-order valence-corrected chi connectivity index (χ4v) is 17.7. The summed E-state index contributed by atoms with van der Waals surface area (Å²) in [4.78, 5) is 85.6. The number of anilines is 5. The lowest BCUT2D eigenvalue weighted by molar-refractivity contribution is -0.383. The number of nitro groups is 1. The maximum atomic E-state index is 13.2. The van der Waals surface area contributed by atoms with Crippen LogP contribution in [0.3, 0.4) is 0 Å². The summed E-state index contributed by atoms with van der Waals surface area (Å²) in [5.41, 5.74) is 12.4. The number of carbonyl (C=O) groups excluding carboxylic acids is 6. The predicted molar refractivity (Wildman–Crippen MR) is 392 cm³/mol. The Morgan fingerprint density at radius 2 is 1.27 bits per heavy atom. The molecule has 0 unspecified atom stereocenters. The van der Waals surface area contributed by atoms with Crippen LogP contribution in [0.15, 0.2) is 112 Å². The third-order valence-electron chi connectivity index (χ3n) is 19.2. The number of nitrogens with zero attached hydrogens (tertiary/aromatic N) is 9. The largest absolute Gasteiger partial charge is 0.383 e. The van der Waals surface area contributed by atoms with Crippen LogP contribution in [0.5, 0.6) is 0 Å². The van der Waals surface area contributed by atoms with Crippen LogP contribution >= 0.6 is 11.8 Å². The van der Waals surface area contributed by atoms with Crippen LogP contribution in [0.25, 0.3) is 23.2 Å². The third kappa shape index (κ3) is 17.9. The van der Waals surface area contributed by atoms with E-state index in [1.165, 1.54) is 53.6 Å². The van der Waals surface area contributed by atoms with Crippen molar-refractivity contribution in [3.63, 3.8) is 0 Å². The van der Waals surface area contributed by atoms with Crippen LogP contribution in [0.4, 0.5) is 43.7 Å². The van der Waals surface area contributed by atoms with Gasteiger partial charge >= 0.3 is 17.7 Å². The summed E-state index contributed by atoms with van der Waals surface area (Å²) in [6.07, 6.45) is 24.5. The number of fused-ring (bicyclic) bond motifs is 6. The number of aromatic nitrogens is 8. The van der Waals surface area contributed by atoms with Gasteiger partial charge in [0.1, 0.15) is 0 Å². The smallest absolute Gasteiger partial charge is 0.333 e. The zero-order valence-corrected chi connectivity index (χ0v) is 59.6. The fourth-order valence-electron chi connectivity index (χ4n) is 14.2. The van der Waals surface area contributed by atoms with Gasteiger partial charge in [-0.25, -0.2) is 40.5 Å². The minimum atomic E-state index is -4.25. The molecule has 5 heterocycles. The first kappa shape index (κ1) is 72.5. The van der Waals surface area contributed by atoms with E-state index < -0.39 is 37.0 Å². The molecule has 8 aromatic rings. The van der Waals surface area contributed by atoms with Crippen molar-refractivity contribution in [2.24, 2.45) is 5.92 Å². The molecule has 4 aliphatic carbocycles. The number of urea groups is 2. The Balaban J connectivity index is 0.000000187. The van der Waals surface area contributed by atoms with Gasteiger partial charge in [0.25, 0.3) is 20.0 Å². The quantitative estimate of drug-likeness (QED) is 0.0120. The summed E-state index contributed by atoms with van der Waals surface area (Å²) >= 11 is 1.94. The Hall–Kier alpha value is -10.9. The molecular formula is C71H78N18O13S3. The second kappa shape index (κ2) is 32.4. The average Bonchev–Trinajstić information content (AvgIpc) is 1.67. The minimum absolute atomic E-state index is 0.0314. The number of sulfonamides is 2. The zero-order valence-electron chi connectivity index (χ0n) is 57.2. The van der Waals surface area contributed by atoms with E-state index in [0.717, 1.165) is 109 Å². The number of unbranched alkanes of at least 4 members (excludes halogenated alkanes) is 1. The third-order valence-corrected chi connectivity index (χ3v) is 23.5. The van der Waals surface area contributed by atoms with E-state index in [2.05, 4.69) is 94.4 Å². The number of nitrogens with one attached hydrogen (secondary N) is 9. The van der Waals surface area contributed by atoms with E-state index in [9.17, 15) is 55.7 Å². The molecule has 34 heteroatoms. The van der Waals surface area contributed by atoms with Gasteiger partial charge in [-0.3, -0.25) is 38.7 Å². The molecule has 3 aromatic heterocycles. The Kier molecular flexibility index (Phi) is 22.4. The van der Waals surface area contributed by atoms with Gasteiger partial charge < -0.3 is 37.2 Å². The minimum Gasteiger partial charge on any atom is -0.383 e. The number of nitro benzene ring substituents is 1. The maximum Gasteiger partial charge on any atom is 0.333 e. The standard InChI is InChI=1S/C38H44N8O6S2.C33H34N10O7S/c47-34(14-2-1-13-33-31-21-36(49)41-32(31)23-53-33)39-17-6-18-46-22-27(43-45-46)15-16-35(48)40-26-9-5-10-28(20-26)54(51,52)44-38(50)42-37-29-11-3-7-24(29)19-25-8-4-12-30(25)37;44-29(14-11-23-19-42(41-37-23)16-4-15-34-27-12-13-28(43(46)47)32-31(27)38-50-39-32)35-22-7-3-8-24(18-22)51(48,49)40-33(45)36-30-25-9-1-5-20(25)17-21-6-2-10-26(21)30/h3-5,7,9-10,12,19-20,22,31-33H,1-2,6,8,11,13-18,21,23H2,(H,39,47)(H,40,48)(H,41,49)(H2,42,44,50);3,7-8,12-13,17-19,34H,1-2,4-6,9-11,14-16H2,(H,35,44)(H2,36,40,45)/t31-,32-,33-;/m0./s1. The Morgan fingerprint density at radius 3 is 1.91 bits per heavy atom. The lowest BCUT2D eigenvalue weighted by atomic mass is 9.94. The highest BCUT2D eigenvalue weighted by atomic mass is 32.2. The highest BCUT2D eigenvalue weighted by molar-refractivity contribution is 8.00. The van der Waals surface area contributed by atoms with Gasteiger partial charge in [-0.2, -0.15) is 11.8 Å². The SMILES string of the molecule is O=C(CCCC[C@@H]1SC[C@@H]2NC(=O)C[C@@H]21)NCCCn1cc(CCC(=O)Nc2cccc(S(=O)(=O)NC(=O)Nc3c4c(cc5c3CC=C5)CC=C4)c2)nn1.O=C(CCc1cn(CCCNc2ccc([N+](=O)[O-])c3nonc23)nn1)Nc1cccc(S(=O)(=O)NC(=O)Nc2c3c(cc4c2CCC4)CCC3)c1. The van der Waals surface area contributed by atoms with Gasteiger partial charge in [-0.15, -0.1) is 10.2 Å². The first-order chi connectivity index (χ1) is 50.7. The average molecular weight is 1490 g/mol. The molecule has 2 saturated heterocycles. The number of thioether (sulfide) groups is 1. The van der Waals surface area contributed by atoms with Crippen LogP contribution < -0.4 is 46.7 Å². The molecule has 14 rings (SSSR count). The molecule has 2 aliphatic heterocycles. The van der Waals surface area contributed by atoms with Crippen LogP contribution in [-0.4, -0.2) is 128 Å². The van der Waals surface area contributed by atoms with E-state index >= 15 is 0 Å². The fraction of sp³-hybridized carbons (Fsp3) is 0.380. The molecule has 0 saturated carbocycles. The molecule has 8 amide bonds. The number of allylic oxidation sites excluding steroid dienone is 2. The second-order valence-corrected chi connectivity index (χ2v) is 31.2. The lowest BCUT2D eigenvalue weighted by Gasteiger charge is -2.16. The number of benzene rings is 5. The Labute approximate surface area is 607 Å².